The Morgan fingerprint density at radius 2 is 1.84 bits per heavy atom. The molecule has 5 heteroatoms. The van der Waals surface area contributed by atoms with Crippen molar-refractivity contribution in [1.82, 2.24) is 4.90 Å². The molecule has 0 aromatic heterocycles. The SMILES string of the molecule is CC1(N2CCOCC2)CC(=O)N(c2ccccc2)O1. The zero-order chi connectivity index (χ0) is 13.3. The quantitative estimate of drug-likeness (QED) is 0.808. The van der Waals surface area contributed by atoms with Gasteiger partial charge in [-0.15, -0.1) is 0 Å². The lowest BCUT2D eigenvalue weighted by Gasteiger charge is -2.38. The average molecular weight is 262 g/mol. The molecule has 0 radical (unpaired) electrons. The highest BCUT2D eigenvalue weighted by Crippen LogP contribution is 2.33. The fourth-order valence-electron chi connectivity index (χ4n) is 2.60. The van der Waals surface area contributed by atoms with Crippen molar-refractivity contribution in [3.05, 3.63) is 30.3 Å². The Morgan fingerprint density at radius 3 is 2.53 bits per heavy atom. The van der Waals surface area contributed by atoms with E-state index in [1.807, 2.05) is 37.3 Å². The minimum atomic E-state index is -0.559. The first kappa shape index (κ1) is 12.6. The van der Waals surface area contributed by atoms with E-state index in [9.17, 15) is 4.79 Å². The number of morpholine rings is 1. The van der Waals surface area contributed by atoms with E-state index in [0.717, 1.165) is 18.8 Å². The van der Waals surface area contributed by atoms with Crippen molar-refractivity contribution in [3.8, 4) is 0 Å². The summed E-state index contributed by atoms with van der Waals surface area (Å²) in [5.74, 6) is 0.000178. The van der Waals surface area contributed by atoms with Gasteiger partial charge in [0.25, 0.3) is 5.91 Å². The van der Waals surface area contributed by atoms with Crippen LogP contribution < -0.4 is 5.06 Å². The lowest BCUT2D eigenvalue weighted by molar-refractivity contribution is -0.146. The van der Waals surface area contributed by atoms with Crippen LogP contribution in [0.5, 0.6) is 0 Å². The fraction of sp³-hybridized carbons (Fsp3) is 0.500. The minimum Gasteiger partial charge on any atom is -0.379 e. The number of carbonyl (C=O) groups is 1. The summed E-state index contributed by atoms with van der Waals surface area (Å²) in [7, 11) is 0. The number of nitrogens with zero attached hydrogens (tertiary/aromatic N) is 2. The third-order valence-corrected chi connectivity index (χ3v) is 3.66. The van der Waals surface area contributed by atoms with Gasteiger partial charge in [0.15, 0.2) is 5.72 Å². The number of benzene rings is 1. The maximum atomic E-state index is 12.2. The number of hydrogen-bond acceptors (Lipinski definition) is 4. The molecule has 0 N–H and O–H groups in total. The molecule has 1 atom stereocenters. The molecule has 1 aromatic carbocycles. The number of para-hydroxylation sites is 1. The summed E-state index contributed by atoms with van der Waals surface area (Å²) in [6, 6.07) is 9.48. The topological polar surface area (TPSA) is 42.0 Å². The van der Waals surface area contributed by atoms with Crippen molar-refractivity contribution in [2.45, 2.75) is 19.1 Å². The lowest BCUT2D eigenvalue weighted by atomic mass is 10.1. The second kappa shape index (κ2) is 4.92. The summed E-state index contributed by atoms with van der Waals surface area (Å²) in [5, 5.41) is 1.41. The summed E-state index contributed by atoms with van der Waals surface area (Å²) in [4.78, 5) is 20.3. The molecular weight excluding hydrogens is 244 g/mol. The van der Waals surface area contributed by atoms with E-state index < -0.39 is 5.72 Å². The maximum Gasteiger partial charge on any atom is 0.255 e. The molecule has 5 nitrogen and oxygen atoms in total. The second-order valence-corrected chi connectivity index (χ2v) is 5.07. The third kappa shape index (κ3) is 2.36. The van der Waals surface area contributed by atoms with E-state index in [4.69, 9.17) is 9.57 Å². The molecule has 0 spiro atoms. The number of ether oxygens (including phenoxy) is 1. The summed E-state index contributed by atoms with van der Waals surface area (Å²) in [6.07, 6.45) is 0.377. The zero-order valence-electron chi connectivity index (χ0n) is 11.0. The van der Waals surface area contributed by atoms with Crippen molar-refractivity contribution in [3.63, 3.8) is 0 Å². The number of anilines is 1. The van der Waals surface area contributed by atoms with Gasteiger partial charge in [0.05, 0.1) is 25.3 Å². The van der Waals surface area contributed by atoms with Gasteiger partial charge in [-0.3, -0.25) is 9.69 Å². The summed E-state index contributed by atoms with van der Waals surface area (Å²) in [6.45, 7) is 4.95. The predicted octanol–water partition coefficient (Wildman–Crippen LogP) is 1.40. The Hall–Kier alpha value is -1.43. The van der Waals surface area contributed by atoms with Gasteiger partial charge in [-0.1, -0.05) is 18.2 Å². The monoisotopic (exact) mass is 262 g/mol. The van der Waals surface area contributed by atoms with Crippen LogP contribution in [-0.2, 0) is 14.4 Å². The number of hydrogen-bond donors (Lipinski definition) is 0. The molecule has 19 heavy (non-hydrogen) atoms. The van der Waals surface area contributed by atoms with Crippen molar-refractivity contribution in [1.29, 1.82) is 0 Å². The number of rotatable bonds is 2. The van der Waals surface area contributed by atoms with E-state index >= 15 is 0 Å². The minimum absolute atomic E-state index is 0.000178. The van der Waals surface area contributed by atoms with E-state index in [1.165, 1.54) is 5.06 Å². The fourth-order valence-corrected chi connectivity index (χ4v) is 2.60. The summed E-state index contributed by atoms with van der Waals surface area (Å²) >= 11 is 0. The zero-order valence-corrected chi connectivity index (χ0v) is 11.0. The number of hydroxylamine groups is 1. The molecule has 102 valence electrons. The van der Waals surface area contributed by atoms with E-state index in [1.54, 1.807) is 0 Å². The van der Waals surface area contributed by atoms with Gasteiger partial charge in [0.1, 0.15) is 0 Å². The van der Waals surface area contributed by atoms with Crippen molar-refractivity contribution < 1.29 is 14.4 Å². The Morgan fingerprint density at radius 1 is 1.16 bits per heavy atom. The lowest BCUT2D eigenvalue weighted by Crippen LogP contribution is -2.52. The molecule has 3 rings (SSSR count). The molecule has 0 saturated carbocycles. The van der Waals surface area contributed by atoms with Crippen molar-refractivity contribution >= 4 is 11.6 Å². The van der Waals surface area contributed by atoms with Gasteiger partial charge >= 0.3 is 0 Å². The molecular formula is C14H18N2O3. The summed E-state index contributed by atoms with van der Waals surface area (Å²) < 4.78 is 5.35. The largest absolute Gasteiger partial charge is 0.379 e. The molecule has 0 aliphatic carbocycles. The Balaban J connectivity index is 1.79. The molecule has 2 fully saturated rings. The smallest absolute Gasteiger partial charge is 0.255 e. The highest BCUT2D eigenvalue weighted by molar-refractivity contribution is 5.93. The molecule has 1 aromatic rings. The Kier molecular flexibility index (Phi) is 3.26. The highest BCUT2D eigenvalue weighted by atomic mass is 16.7. The van der Waals surface area contributed by atoms with E-state index in [2.05, 4.69) is 4.90 Å². The molecule has 2 aliphatic rings. The van der Waals surface area contributed by atoms with Crippen molar-refractivity contribution in [2.24, 2.45) is 0 Å². The first-order valence-electron chi connectivity index (χ1n) is 6.59. The maximum absolute atomic E-state index is 12.2. The second-order valence-electron chi connectivity index (χ2n) is 5.07. The highest BCUT2D eigenvalue weighted by Gasteiger charge is 2.46. The van der Waals surface area contributed by atoms with Gasteiger partial charge < -0.3 is 4.74 Å². The van der Waals surface area contributed by atoms with Gasteiger partial charge in [0.2, 0.25) is 0 Å². The number of amides is 1. The molecule has 1 unspecified atom stereocenters. The Labute approximate surface area is 112 Å². The Bertz CT molecular complexity index is 459. The molecule has 2 aliphatic heterocycles. The van der Waals surface area contributed by atoms with Gasteiger partial charge in [-0.25, -0.2) is 4.84 Å². The third-order valence-electron chi connectivity index (χ3n) is 3.66. The van der Waals surface area contributed by atoms with Crippen LogP contribution in [0, 0.1) is 0 Å². The van der Waals surface area contributed by atoms with E-state index in [0.29, 0.717) is 19.6 Å². The molecule has 2 heterocycles. The van der Waals surface area contributed by atoms with Crippen LogP contribution in [0.4, 0.5) is 5.69 Å². The molecule has 2 saturated heterocycles. The first-order chi connectivity index (χ1) is 9.19. The van der Waals surface area contributed by atoms with Gasteiger partial charge in [0, 0.05) is 13.1 Å². The van der Waals surface area contributed by atoms with E-state index in [-0.39, 0.29) is 5.91 Å². The van der Waals surface area contributed by atoms with Crippen LogP contribution in [0.1, 0.15) is 13.3 Å². The normalized spacial score (nSPS) is 28.9. The van der Waals surface area contributed by atoms with Crippen molar-refractivity contribution in [2.75, 3.05) is 31.4 Å². The van der Waals surface area contributed by atoms with Gasteiger partial charge in [-0.2, -0.15) is 5.06 Å². The average Bonchev–Trinajstić information content (AvgIpc) is 2.77. The van der Waals surface area contributed by atoms with Crippen LogP contribution >= 0.6 is 0 Å². The summed E-state index contributed by atoms with van der Waals surface area (Å²) in [5.41, 5.74) is 0.223. The van der Waals surface area contributed by atoms with Crippen LogP contribution in [0.2, 0.25) is 0 Å². The van der Waals surface area contributed by atoms with Crippen LogP contribution in [0.3, 0.4) is 0 Å². The standard InChI is InChI=1S/C14H18N2O3/c1-14(15-7-9-18-10-8-15)11-13(17)16(19-14)12-5-3-2-4-6-12/h2-6H,7-11H2,1H3. The van der Waals surface area contributed by atoms with Crippen LogP contribution in [0.25, 0.3) is 0 Å². The first-order valence-corrected chi connectivity index (χ1v) is 6.59. The van der Waals surface area contributed by atoms with Crippen LogP contribution in [-0.4, -0.2) is 42.8 Å². The van der Waals surface area contributed by atoms with Gasteiger partial charge in [-0.05, 0) is 19.1 Å². The van der Waals surface area contributed by atoms with Crippen LogP contribution in [0.15, 0.2) is 30.3 Å². The molecule has 1 amide bonds. The predicted molar refractivity (Wildman–Crippen MR) is 70.4 cm³/mol. The number of carbonyl (C=O) groups excluding carboxylic acids is 1. The molecule has 0 bridgehead atoms.